The van der Waals surface area contributed by atoms with E-state index in [0.29, 0.717) is 10.7 Å². The maximum Gasteiger partial charge on any atom is 0.243 e. The number of amides is 2. The smallest absolute Gasteiger partial charge is 0.243 e. The van der Waals surface area contributed by atoms with Crippen molar-refractivity contribution in [3.63, 3.8) is 0 Å². The van der Waals surface area contributed by atoms with Gasteiger partial charge in [0.05, 0.1) is 30.9 Å². The number of nitrogens with zero attached hydrogens (tertiary/aromatic N) is 1. The number of rotatable bonds is 7. The first-order valence-corrected chi connectivity index (χ1v) is 11.8. The summed E-state index contributed by atoms with van der Waals surface area (Å²) in [5.74, 6) is -0.413. The summed E-state index contributed by atoms with van der Waals surface area (Å²) in [4.78, 5) is 27.6. The molecule has 7 nitrogen and oxygen atoms in total. The summed E-state index contributed by atoms with van der Waals surface area (Å²) in [5, 5.41) is 3.69. The molecule has 0 radical (unpaired) electrons. The number of hydrogen-bond donors (Lipinski definition) is 4. The summed E-state index contributed by atoms with van der Waals surface area (Å²) < 4.78 is 14.4. The maximum absolute atomic E-state index is 14.4. The lowest BCUT2D eigenvalue weighted by Gasteiger charge is -2.27. The minimum Gasteiger partial charge on any atom is -0.343 e. The van der Waals surface area contributed by atoms with Crippen LogP contribution in [0.15, 0.2) is 60.4 Å². The quantitative estimate of drug-likeness (QED) is 0.452. The third-order valence-corrected chi connectivity index (χ3v) is 6.54. The highest BCUT2D eigenvalue weighted by Gasteiger charge is 2.40. The van der Waals surface area contributed by atoms with Crippen LogP contribution in [0.5, 0.6) is 0 Å². The van der Waals surface area contributed by atoms with Crippen LogP contribution in [0.4, 0.5) is 4.39 Å². The number of carbonyl (C=O) groups is 2. The minimum absolute atomic E-state index is 0.0248. The molecule has 2 aliphatic rings. The standard InChI is InChI=1S/C25H29ClFN5O2/c1-15(2)20-9-8-17(10-21(20)26)24(16-6-4-3-5-7-16)29-25(34)22-11-18(27)14-32(22)23(33)12-19-13-28-31-30-19/h3-10,13,15,18,22,24,28,30-31H,11-12,14H2,1-2H3,(H,29,34)/p+1/t18-,22+,24+/m1/s1. The Bertz CT molecular complexity index is 1080. The Morgan fingerprint density at radius 1 is 1.21 bits per heavy atom. The molecule has 5 N–H and O–H groups in total. The lowest BCUT2D eigenvalue weighted by atomic mass is 9.94. The predicted octanol–water partition coefficient (Wildman–Crippen LogP) is 2.43. The van der Waals surface area contributed by atoms with Gasteiger partial charge in [-0.1, -0.05) is 67.9 Å². The van der Waals surface area contributed by atoms with Crippen molar-refractivity contribution >= 4 is 23.4 Å². The summed E-state index contributed by atoms with van der Waals surface area (Å²) in [6, 6.07) is 14.0. The number of quaternary nitrogens is 1. The van der Waals surface area contributed by atoms with Crippen molar-refractivity contribution in [3.8, 4) is 0 Å². The Morgan fingerprint density at radius 2 is 1.97 bits per heavy atom. The molecule has 0 bridgehead atoms. The van der Waals surface area contributed by atoms with E-state index in [2.05, 4.69) is 30.0 Å². The van der Waals surface area contributed by atoms with Crippen LogP contribution in [-0.2, 0) is 9.59 Å². The molecule has 4 rings (SSSR count). The average molecular weight is 487 g/mol. The van der Waals surface area contributed by atoms with E-state index in [-0.39, 0.29) is 37.1 Å². The van der Waals surface area contributed by atoms with E-state index in [9.17, 15) is 14.0 Å². The van der Waals surface area contributed by atoms with Gasteiger partial charge in [-0.25, -0.2) is 15.2 Å². The van der Waals surface area contributed by atoms with Crippen LogP contribution in [-0.4, -0.2) is 35.5 Å². The van der Waals surface area contributed by atoms with E-state index < -0.39 is 18.3 Å². The van der Waals surface area contributed by atoms with E-state index in [1.807, 2.05) is 48.5 Å². The van der Waals surface area contributed by atoms with E-state index in [0.717, 1.165) is 16.7 Å². The number of likely N-dealkylation sites (tertiary alicyclic amines) is 1. The molecule has 9 heteroatoms. The SMILES string of the molecule is CC(C)c1ccc([C@@H](NC(=O)[C@@H]2C[C@@H](F)CN2C(=O)CC2=CN[NH2+]N2)c2ccccc2)cc1Cl. The Morgan fingerprint density at radius 3 is 2.62 bits per heavy atom. The summed E-state index contributed by atoms with van der Waals surface area (Å²) in [7, 11) is 0. The second-order valence-electron chi connectivity index (χ2n) is 8.98. The lowest BCUT2D eigenvalue weighted by Crippen LogP contribution is -2.96. The van der Waals surface area contributed by atoms with Gasteiger partial charge in [-0.3, -0.25) is 9.59 Å². The molecule has 2 aromatic rings. The number of carbonyl (C=O) groups excluding carboxylic acids is 2. The Balaban J connectivity index is 1.57. The van der Waals surface area contributed by atoms with Crippen molar-refractivity contribution in [2.45, 2.75) is 50.9 Å². The monoisotopic (exact) mass is 486 g/mol. The summed E-state index contributed by atoms with van der Waals surface area (Å²) in [5.41, 5.74) is 10.8. The second kappa shape index (κ2) is 10.4. The van der Waals surface area contributed by atoms with Crippen LogP contribution < -0.4 is 21.7 Å². The maximum atomic E-state index is 14.4. The van der Waals surface area contributed by atoms with Gasteiger partial charge in [0.25, 0.3) is 0 Å². The fourth-order valence-corrected chi connectivity index (χ4v) is 4.84. The topological polar surface area (TPSA) is 90.1 Å². The molecule has 3 atom stereocenters. The largest absolute Gasteiger partial charge is 0.343 e. The Hall–Kier alpha value is -3.10. The van der Waals surface area contributed by atoms with Gasteiger partial charge in [-0.2, -0.15) is 5.53 Å². The van der Waals surface area contributed by atoms with Crippen molar-refractivity contribution in [1.82, 2.24) is 21.1 Å². The summed E-state index contributed by atoms with van der Waals surface area (Å²) >= 11 is 6.55. The van der Waals surface area contributed by atoms with E-state index in [1.165, 1.54) is 4.90 Å². The second-order valence-corrected chi connectivity index (χ2v) is 9.39. The van der Waals surface area contributed by atoms with Crippen molar-refractivity contribution in [2.24, 2.45) is 0 Å². The van der Waals surface area contributed by atoms with Crippen LogP contribution in [0.2, 0.25) is 5.02 Å². The number of hydrogen-bond acceptors (Lipinski definition) is 4. The molecule has 1 fully saturated rings. The Kier molecular flexibility index (Phi) is 7.38. The predicted molar refractivity (Wildman–Crippen MR) is 128 cm³/mol. The third kappa shape index (κ3) is 5.34. The van der Waals surface area contributed by atoms with Gasteiger partial charge in [0, 0.05) is 11.4 Å². The van der Waals surface area contributed by atoms with Gasteiger partial charge in [-0.15, -0.1) is 0 Å². The lowest BCUT2D eigenvalue weighted by molar-refractivity contribution is -0.739. The highest BCUT2D eigenvalue weighted by Crippen LogP contribution is 2.31. The van der Waals surface area contributed by atoms with E-state index in [4.69, 9.17) is 11.6 Å². The highest BCUT2D eigenvalue weighted by molar-refractivity contribution is 6.31. The van der Waals surface area contributed by atoms with Gasteiger partial charge in [-0.05, 0) is 28.7 Å². The van der Waals surface area contributed by atoms with Gasteiger partial charge in [0.1, 0.15) is 12.2 Å². The normalized spacial score (nSPS) is 20.5. The van der Waals surface area contributed by atoms with Gasteiger partial charge >= 0.3 is 0 Å². The molecular weight excluding hydrogens is 457 g/mol. The van der Waals surface area contributed by atoms with Crippen LogP contribution in [0.3, 0.4) is 0 Å². The summed E-state index contributed by atoms with van der Waals surface area (Å²) in [6.45, 7) is 4.05. The fourth-order valence-electron chi connectivity index (χ4n) is 4.43. The third-order valence-electron chi connectivity index (χ3n) is 6.21. The summed E-state index contributed by atoms with van der Waals surface area (Å²) in [6.07, 6.45) is 0.466. The van der Waals surface area contributed by atoms with E-state index >= 15 is 0 Å². The van der Waals surface area contributed by atoms with Crippen molar-refractivity contribution < 1.29 is 19.5 Å². The van der Waals surface area contributed by atoms with Crippen molar-refractivity contribution in [1.29, 1.82) is 0 Å². The molecule has 180 valence electrons. The Labute approximate surface area is 203 Å². The molecule has 0 saturated carbocycles. The molecule has 2 heterocycles. The zero-order valence-electron chi connectivity index (χ0n) is 19.2. The first kappa shape index (κ1) is 24.0. The number of benzene rings is 2. The van der Waals surface area contributed by atoms with Crippen LogP contribution in [0, 0.1) is 0 Å². The van der Waals surface area contributed by atoms with Gasteiger partial charge < -0.3 is 10.2 Å². The molecule has 0 unspecified atom stereocenters. The molecule has 2 amide bonds. The zero-order chi connectivity index (χ0) is 24.2. The molecule has 2 aliphatic heterocycles. The van der Waals surface area contributed by atoms with Crippen LogP contribution in [0.25, 0.3) is 0 Å². The minimum atomic E-state index is -1.25. The molecule has 34 heavy (non-hydrogen) atoms. The molecule has 2 aromatic carbocycles. The zero-order valence-corrected chi connectivity index (χ0v) is 20.0. The average Bonchev–Trinajstić information content (AvgIpc) is 3.47. The first-order chi connectivity index (χ1) is 16.3. The van der Waals surface area contributed by atoms with Crippen LogP contribution >= 0.6 is 11.6 Å². The number of halogens is 2. The molecular formula is C25H30ClFN5O2+. The van der Waals surface area contributed by atoms with Gasteiger partial charge in [0.15, 0.2) is 0 Å². The van der Waals surface area contributed by atoms with Crippen molar-refractivity contribution in [3.05, 3.63) is 82.1 Å². The van der Waals surface area contributed by atoms with Gasteiger partial charge in [0.2, 0.25) is 11.8 Å². The molecule has 0 aliphatic carbocycles. The van der Waals surface area contributed by atoms with Crippen molar-refractivity contribution in [2.75, 3.05) is 6.54 Å². The van der Waals surface area contributed by atoms with Crippen LogP contribution in [0.1, 0.15) is 55.3 Å². The highest BCUT2D eigenvalue weighted by atomic mass is 35.5. The molecule has 0 aromatic heterocycles. The molecule has 0 spiro atoms. The number of alkyl halides is 1. The number of nitrogens with two attached hydrogens (primary N) is 1. The number of nitrogens with one attached hydrogen (secondary N) is 3. The fraction of sp³-hybridized carbons (Fsp3) is 0.360. The molecule has 1 saturated heterocycles. The first-order valence-electron chi connectivity index (χ1n) is 11.4. The van der Waals surface area contributed by atoms with E-state index in [1.54, 1.807) is 11.7 Å².